The van der Waals surface area contributed by atoms with Gasteiger partial charge in [-0.05, 0) is 18.6 Å². The molecule has 0 saturated carbocycles. The number of aromatic nitrogens is 1. The lowest BCUT2D eigenvalue weighted by atomic mass is 10.1. The second-order valence-electron chi connectivity index (χ2n) is 3.58. The third kappa shape index (κ3) is 2.17. The Bertz CT molecular complexity index is 494. The zero-order valence-electron chi connectivity index (χ0n) is 9.20. The number of ether oxygens (including phenoxy) is 1. The van der Waals surface area contributed by atoms with Gasteiger partial charge in [0.15, 0.2) is 0 Å². The van der Waals surface area contributed by atoms with Gasteiger partial charge in [0.2, 0.25) is 5.88 Å². The van der Waals surface area contributed by atoms with Crippen molar-refractivity contribution in [2.24, 2.45) is 0 Å². The minimum atomic E-state index is 0.456. The van der Waals surface area contributed by atoms with Crippen LogP contribution in [0.3, 0.4) is 0 Å². The smallest absolute Gasteiger partial charge is 0.232 e. The molecule has 0 radical (unpaired) electrons. The zero-order valence-corrected chi connectivity index (χ0v) is 9.95. The molecule has 0 amide bonds. The minimum absolute atomic E-state index is 0.456. The number of aryl methyl sites for hydroxylation is 1. The molecule has 1 heterocycles. The van der Waals surface area contributed by atoms with Crippen LogP contribution in [0.15, 0.2) is 36.5 Å². The maximum atomic E-state index is 6.02. The molecule has 2 nitrogen and oxygen atoms in total. The average Bonchev–Trinajstić information content (AvgIpc) is 2.30. The first kappa shape index (κ1) is 11.0. The molecule has 0 aliphatic carbocycles. The van der Waals surface area contributed by atoms with Crippen LogP contribution in [-0.4, -0.2) is 12.1 Å². The maximum Gasteiger partial charge on any atom is 0.232 e. The summed E-state index contributed by atoms with van der Waals surface area (Å²) in [5.74, 6) is 0.456. The SMILES string of the molecule is COc1ncc(-c2ccc(C)cc2)cc1Cl. The van der Waals surface area contributed by atoms with Crippen molar-refractivity contribution in [2.45, 2.75) is 6.92 Å². The second kappa shape index (κ2) is 4.54. The normalized spacial score (nSPS) is 10.2. The molecule has 3 heteroatoms. The molecule has 0 bridgehead atoms. The lowest BCUT2D eigenvalue weighted by Gasteiger charge is -2.05. The quantitative estimate of drug-likeness (QED) is 0.789. The van der Waals surface area contributed by atoms with E-state index in [1.54, 1.807) is 13.3 Å². The first-order chi connectivity index (χ1) is 7.70. The van der Waals surface area contributed by atoms with Crippen molar-refractivity contribution in [3.8, 4) is 17.0 Å². The fraction of sp³-hybridized carbons (Fsp3) is 0.154. The minimum Gasteiger partial charge on any atom is -0.480 e. The standard InChI is InChI=1S/C13H12ClNO/c1-9-3-5-10(6-4-9)11-7-12(14)13(16-2)15-8-11/h3-8H,1-2H3. The van der Waals surface area contributed by atoms with Crippen LogP contribution in [0.2, 0.25) is 5.02 Å². The third-order valence-electron chi connectivity index (χ3n) is 2.39. The van der Waals surface area contributed by atoms with Crippen LogP contribution >= 0.6 is 11.6 Å². The van der Waals surface area contributed by atoms with Crippen molar-refractivity contribution in [1.82, 2.24) is 4.98 Å². The Labute approximate surface area is 99.9 Å². The predicted molar refractivity (Wildman–Crippen MR) is 66.0 cm³/mol. The number of hydrogen-bond acceptors (Lipinski definition) is 2. The first-order valence-electron chi connectivity index (χ1n) is 4.97. The lowest BCUT2D eigenvalue weighted by Crippen LogP contribution is -1.89. The van der Waals surface area contributed by atoms with Gasteiger partial charge in [-0.2, -0.15) is 0 Å². The molecule has 1 aromatic carbocycles. The van der Waals surface area contributed by atoms with E-state index in [4.69, 9.17) is 16.3 Å². The summed E-state index contributed by atoms with van der Waals surface area (Å²) in [7, 11) is 1.56. The molecule has 2 aromatic rings. The van der Waals surface area contributed by atoms with Crippen molar-refractivity contribution in [1.29, 1.82) is 0 Å². The summed E-state index contributed by atoms with van der Waals surface area (Å²) in [5.41, 5.74) is 3.32. The molecule has 0 aliphatic rings. The number of pyridine rings is 1. The van der Waals surface area contributed by atoms with E-state index in [1.807, 2.05) is 6.07 Å². The number of methoxy groups -OCH3 is 1. The lowest BCUT2D eigenvalue weighted by molar-refractivity contribution is 0.398. The van der Waals surface area contributed by atoms with E-state index in [9.17, 15) is 0 Å². The summed E-state index contributed by atoms with van der Waals surface area (Å²) in [6.45, 7) is 2.06. The second-order valence-corrected chi connectivity index (χ2v) is 3.99. The van der Waals surface area contributed by atoms with Gasteiger partial charge in [0, 0.05) is 11.8 Å². The van der Waals surface area contributed by atoms with Gasteiger partial charge < -0.3 is 4.74 Å². The van der Waals surface area contributed by atoms with Crippen LogP contribution in [-0.2, 0) is 0 Å². The average molecular weight is 234 g/mol. The Kier molecular flexibility index (Phi) is 3.11. The number of rotatable bonds is 2. The van der Waals surface area contributed by atoms with E-state index in [1.165, 1.54) is 5.56 Å². The van der Waals surface area contributed by atoms with Crippen LogP contribution in [0.5, 0.6) is 5.88 Å². The van der Waals surface area contributed by atoms with Crippen molar-refractivity contribution in [3.05, 3.63) is 47.1 Å². The summed E-state index contributed by atoms with van der Waals surface area (Å²) in [6.07, 6.45) is 1.76. The van der Waals surface area contributed by atoms with Crippen molar-refractivity contribution in [3.63, 3.8) is 0 Å². The van der Waals surface area contributed by atoms with E-state index < -0.39 is 0 Å². The Morgan fingerprint density at radius 2 is 1.81 bits per heavy atom. The molecule has 16 heavy (non-hydrogen) atoms. The largest absolute Gasteiger partial charge is 0.480 e. The number of benzene rings is 1. The van der Waals surface area contributed by atoms with Gasteiger partial charge in [0.05, 0.1) is 7.11 Å². The monoisotopic (exact) mass is 233 g/mol. The summed E-state index contributed by atoms with van der Waals surface area (Å²) < 4.78 is 5.01. The molecule has 82 valence electrons. The molecule has 0 aliphatic heterocycles. The molecule has 0 saturated heterocycles. The molecule has 0 N–H and O–H groups in total. The van der Waals surface area contributed by atoms with Crippen LogP contribution in [0.4, 0.5) is 0 Å². The summed E-state index contributed by atoms with van der Waals surface area (Å²) in [6, 6.07) is 10.1. The molecule has 1 aromatic heterocycles. The maximum absolute atomic E-state index is 6.02. The first-order valence-corrected chi connectivity index (χ1v) is 5.35. The molecule has 0 fully saturated rings. The fourth-order valence-corrected chi connectivity index (χ4v) is 1.72. The Balaban J connectivity index is 2.41. The van der Waals surface area contributed by atoms with Gasteiger partial charge >= 0.3 is 0 Å². The number of nitrogens with zero attached hydrogens (tertiary/aromatic N) is 1. The molecular formula is C13H12ClNO. The Hall–Kier alpha value is -1.54. The molecule has 0 unspecified atom stereocenters. The van der Waals surface area contributed by atoms with Crippen LogP contribution in [0, 0.1) is 6.92 Å². The van der Waals surface area contributed by atoms with Gasteiger partial charge in [0.1, 0.15) is 5.02 Å². The summed E-state index contributed by atoms with van der Waals surface area (Å²) in [4.78, 5) is 4.14. The topological polar surface area (TPSA) is 22.1 Å². The molecular weight excluding hydrogens is 222 g/mol. The number of halogens is 1. The molecule has 0 atom stereocenters. The highest BCUT2D eigenvalue weighted by Gasteiger charge is 2.04. The van der Waals surface area contributed by atoms with Gasteiger partial charge in [-0.1, -0.05) is 41.4 Å². The van der Waals surface area contributed by atoms with E-state index >= 15 is 0 Å². The van der Waals surface area contributed by atoms with Gasteiger partial charge in [0.25, 0.3) is 0 Å². The highest BCUT2D eigenvalue weighted by molar-refractivity contribution is 6.32. The Morgan fingerprint density at radius 1 is 1.12 bits per heavy atom. The van der Waals surface area contributed by atoms with Crippen molar-refractivity contribution in [2.75, 3.05) is 7.11 Å². The Morgan fingerprint density at radius 3 is 2.38 bits per heavy atom. The van der Waals surface area contributed by atoms with E-state index in [-0.39, 0.29) is 0 Å². The summed E-state index contributed by atoms with van der Waals surface area (Å²) in [5, 5.41) is 0.528. The summed E-state index contributed by atoms with van der Waals surface area (Å²) >= 11 is 6.02. The number of hydrogen-bond donors (Lipinski definition) is 0. The van der Waals surface area contributed by atoms with Gasteiger partial charge in [-0.15, -0.1) is 0 Å². The third-order valence-corrected chi connectivity index (χ3v) is 2.66. The van der Waals surface area contributed by atoms with Crippen molar-refractivity contribution < 1.29 is 4.74 Å². The highest BCUT2D eigenvalue weighted by Crippen LogP contribution is 2.27. The fourth-order valence-electron chi connectivity index (χ4n) is 1.48. The van der Waals surface area contributed by atoms with Crippen LogP contribution in [0.1, 0.15) is 5.56 Å². The van der Waals surface area contributed by atoms with Crippen molar-refractivity contribution >= 4 is 11.6 Å². The van der Waals surface area contributed by atoms with Crippen LogP contribution in [0.25, 0.3) is 11.1 Å². The zero-order chi connectivity index (χ0) is 11.5. The molecule has 2 rings (SSSR count). The highest BCUT2D eigenvalue weighted by atomic mass is 35.5. The van der Waals surface area contributed by atoms with E-state index in [0.29, 0.717) is 10.9 Å². The molecule has 0 spiro atoms. The van der Waals surface area contributed by atoms with E-state index in [0.717, 1.165) is 11.1 Å². The van der Waals surface area contributed by atoms with Gasteiger partial charge in [-0.25, -0.2) is 4.98 Å². The van der Waals surface area contributed by atoms with Gasteiger partial charge in [-0.3, -0.25) is 0 Å². The van der Waals surface area contributed by atoms with Crippen LogP contribution < -0.4 is 4.74 Å². The predicted octanol–water partition coefficient (Wildman–Crippen LogP) is 3.72. The van der Waals surface area contributed by atoms with E-state index in [2.05, 4.69) is 36.2 Å².